The maximum atomic E-state index is 5.13. The number of hydrogen-bond acceptors (Lipinski definition) is 7. The predicted octanol–water partition coefficient (Wildman–Crippen LogP) is 2.14. The molecule has 0 saturated carbocycles. The van der Waals surface area contributed by atoms with Gasteiger partial charge in [0.15, 0.2) is 0 Å². The van der Waals surface area contributed by atoms with Gasteiger partial charge in [0, 0.05) is 50.4 Å². The van der Waals surface area contributed by atoms with Crippen molar-refractivity contribution >= 4 is 5.82 Å². The zero-order chi connectivity index (χ0) is 19.0. The second kappa shape index (κ2) is 7.03. The quantitative estimate of drug-likeness (QED) is 0.819. The van der Waals surface area contributed by atoms with E-state index in [0.717, 1.165) is 49.9 Å². The van der Waals surface area contributed by atoms with Crippen LogP contribution in [0.4, 0.5) is 5.82 Å². The Morgan fingerprint density at radius 1 is 1.07 bits per heavy atom. The molecule has 2 saturated heterocycles. The number of anilines is 1. The molecule has 4 rings (SSSR count). The molecule has 2 unspecified atom stereocenters. The van der Waals surface area contributed by atoms with Crippen molar-refractivity contribution in [2.75, 3.05) is 38.2 Å². The normalized spacial score (nSPS) is 22.9. The maximum Gasteiger partial charge on any atom is 0.316 e. The van der Waals surface area contributed by atoms with E-state index in [-0.39, 0.29) is 5.41 Å². The predicted molar refractivity (Wildman–Crippen MR) is 104 cm³/mol. The fraction of sp³-hybridized carbons (Fsp3) is 0.600. The van der Waals surface area contributed by atoms with E-state index in [0.29, 0.717) is 17.8 Å². The van der Waals surface area contributed by atoms with Crippen molar-refractivity contribution in [1.82, 2.24) is 24.8 Å². The van der Waals surface area contributed by atoms with Crippen LogP contribution >= 0.6 is 0 Å². The Kier molecular flexibility index (Phi) is 4.72. The zero-order valence-corrected chi connectivity index (χ0v) is 16.6. The minimum absolute atomic E-state index is 0.0443. The molecule has 0 N–H and O–H groups in total. The molecule has 2 aliphatic heterocycles. The topological polar surface area (TPSA) is 67.3 Å². The van der Waals surface area contributed by atoms with E-state index in [4.69, 9.17) is 4.74 Å². The summed E-state index contributed by atoms with van der Waals surface area (Å²) in [7, 11) is 1.60. The molecule has 0 spiro atoms. The number of aromatic nitrogens is 4. The average molecular weight is 368 g/mol. The van der Waals surface area contributed by atoms with Gasteiger partial charge in [-0.1, -0.05) is 20.8 Å². The first-order valence-electron chi connectivity index (χ1n) is 9.58. The third-order valence-corrected chi connectivity index (χ3v) is 5.57. The van der Waals surface area contributed by atoms with Crippen LogP contribution in [0.2, 0.25) is 0 Å². The molecule has 4 heterocycles. The molecular formula is C20H28N6O. The van der Waals surface area contributed by atoms with E-state index in [1.54, 1.807) is 19.6 Å². The van der Waals surface area contributed by atoms with Gasteiger partial charge in [-0.2, -0.15) is 4.98 Å². The molecule has 0 aliphatic carbocycles. The lowest BCUT2D eigenvalue weighted by Gasteiger charge is -2.24. The van der Waals surface area contributed by atoms with Crippen LogP contribution in [-0.2, 0) is 12.0 Å². The molecule has 27 heavy (non-hydrogen) atoms. The van der Waals surface area contributed by atoms with Gasteiger partial charge in [0.1, 0.15) is 12.1 Å². The van der Waals surface area contributed by atoms with Crippen molar-refractivity contribution in [3.05, 3.63) is 36.0 Å². The lowest BCUT2D eigenvalue weighted by Crippen LogP contribution is -2.29. The van der Waals surface area contributed by atoms with Crippen LogP contribution in [0.15, 0.2) is 24.7 Å². The van der Waals surface area contributed by atoms with Crippen LogP contribution in [0.25, 0.3) is 0 Å². The van der Waals surface area contributed by atoms with Gasteiger partial charge >= 0.3 is 6.01 Å². The minimum Gasteiger partial charge on any atom is -0.467 e. The monoisotopic (exact) mass is 368 g/mol. The van der Waals surface area contributed by atoms with Crippen molar-refractivity contribution in [3.8, 4) is 6.01 Å². The number of hydrogen-bond donors (Lipinski definition) is 0. The molecule has 0 bridgehead atoms. The average Bonchev–Trinajstić information content (AvgIpc) is 3.20. The molecule has 144 valence electrons. The fourth-order valence-electron chi connectivity index (χ4n) is 4.13. The highest BCUT2D eigenvalue weighted by molar-refractivity contribution is 5.42. The highest BCUT2D eigenvalue weighted by Crippen LogP contribution is 2.34. The summed E-state index contributed by atoms with van der Waals surface area (Å²) in [5, 5.41) is 0. The van der Waals surface area contributed by atoms with Crippen LogP contribution in [-0.4, -0.2) is 58.1 Å². The lowest BCUT2D eigenvalue weighted by atomic mass is 9.92. The summed E-state index contributed by atoms with van der Waals surface area (Å²) in [6.45, 7) is 11.8. The molecule has 7 nitrogen and oxygen atoms in total. The number of nitrogens with zero attached hydrogens (tertiary/aromatic N) is 6. The molecule has 2 aromatic heterocycles. The Labute approximate surface area is 160 Å². The van der Waals surface area contributed by atoms with Crippen LogP contribution < -0.4 is 9.64 Å². The standard InChI is InChI=1S/C20H28N6O/c1-20(2,3)17-7-18(23-13-22-17)26-10-14-8-25(9-15(14)11-26)12-16-5-6-21-19(24-16)27-4/h5-7,13-15H,8-12H2,1-4H3. The first-order valence-corrected chi connectivity index (χ1v) is 9.58. The van der Waals surface area contributed by atoms with E-state index in [1.165, 1.54) is 0 Å². The molecule has 0 aromatic carbocycles. The third-order valence-electron chi connectivity index (χ3n) is 5.57. The third kappa shape index (κ3) is 3.88. The van der Waals surface area contributed by atoms with E-state index in [2.05, 4.69) is 56.6 Å². The molecule has 0 radical (unpaired) electrons. The van der Waals surface area contributed by atoms with Crippen molar-refractivity contribution in [1.29, 1.82) is 0 Å². The van der Waals surface area contributed by atoms with Gasteiger partial charge in [0.2, 0.25) is 0 Å². The summed E-state index contributed by atoms with van der Waals surface area (Å²) in [4.78, 5) is 22.4. The fourth-order valence-corrected chi connectivity index (χ4v) is 4.13. The zero-order valence-electron chi connectivity index (χ0n) is 16.6. The highest BCUT2D eigenvalue weighted by atomic mass is 16.5. The molecule has 2 fully saturated rings. The highest BCUT2D eigenvalue weighted by Gasteiger charge is 2.40. The van der Waals surface area contributed by atoms with Crippen molar-refractivity contribution < 1.29 is 4.74 Å². The van der Waals surface area contributed by atoms with Gasteiger partial charge in [-0.15, -0.1) is 0 Å². The lowest BCUT2D eigenvalue weighted by molar-refractivity contribution is 0.301. The second-order valence-corrected chi connectivity index (χ2v) is 8.67. The van der Waals surface area contributed by atoms with Crippen LogP contribution in [0.1, 0.15) is 32.2 Å². The Bertz CT molecular complexity index is 791. The van der Waals surface area contributed by atoms with E-state index < -0.39 is 0 Å². The summed E-state index contributed by atoms with van der Waals surface area (Å²) in [5.41, 5.74) is 2.16. The van der Waals surface area contributed by atoms with Gasteiger partial charge in [0.05, 0.1) is 18.5 Å². The molecule has 0 amide bonds. The van der Waals surface area contributed by atoms with Gasteiger partial charge < -0.3 is 9.64 Å². The molecule has 7 heteroatoms. The van der Waals surface area contributed by atoms with E-state index in [1.807, 2.05) is 6.07 Å². The Balaban J connectivity index is 1.38. The summed E-state index contributed by atoms with van der Waals surface area (Å²) in [6.07, 6.45) is 3.47. The number of methoxy groups -OCH3 is 1. The second-order valence-electron chi connectivity index (χ2n) is 8.67. The SMILES string of the molecule is COc1nccc(CN2CC3CN(c4cc(C(C)(C)C)ncn4)CC3C2)n1. The van der Waals surface area contributed by atoms with Gasteiger partial charge in [0.25, 0.3) is 0 Å². The van der Waals surface area contributed by atoms with Crippen LogP contribution in [0.5, 0.6) is 6.01 Å². The van der Waals surface area contributed by atoms with E-state index in [9.17, 15) is 0 Å². The van der Waals surface area contributed by atoms with Gasteiger partial charge in [-0.05, 0) is 17.9 Å². The summed E-state index contributed by atoms with van der Waals surface area (Å²) >= 11 is 0. The molecule has 2 atom stereocenters. The van der Waals surface area contributed by atoms with Crippen molar-refractivity contribution in [3.63, 3.8) is 0 Å². The number of fused-ring (bicyclic) bond motifs is 1. The Morgan fingerprint density at radius 2 is 1.81 bits per heavy atom. The first kappa shape index (κ1) is 18.1. The van der Waals surface area contributed by atoms with Crippen LogP contribution in [0.3, 0.4) is 0 Å². The first-order chi connectivity index (χ1) is 12.9. The Hall–Kier alpha value is -2.28. The van der Waals surface area contributed by atoms with Gasteiger partial charge in [-0.3, -0.25) is 4.90 Å². The summed E-state index contributed by atoms with van der Waals surface area (Å²) < 4.78 is 5.13. The number of rotatable bonds is 4. The van der Waals surface area contributed by atoms with Crippen LogP contribution in [0, 0.1) is 11.8 Å². The van der Waals surface area contributed by atoms with Crippen molar-refractivity contribution in [2.24, 2.45) is 11.8 Å². The molecule has 2 aromatic rings. The van der Waals surface area contributed by atoms with Gasteiger partial charge in [-0.25, -0.2) is 15.0 Å². The van der Waals surface area contributed by atoms with Crippen molar-refractivity contribution in [2.45, 2.75) is 32.7 Å². The largest absolute Gasteiger partial charge is 0.467 e. The summed E-state index contributed by atoms with van der Waals surface area (Å²) in [5.74, 6) is 2.43. The number of likely N-dealkylation sites (tertiary alicyclic amines) is 1. The summed E-state index contributed by atoms with van der Waals surface area (Å²) in [6, 6.07) is 4.57. The smallest absolute Gasteiger partial charge is 0.316 e. The van der Waals surface area contributed by atoms with E-state index >= 15 is 0 Å². The number of ether oxygens (including phenoxy) is 1. The minimum atomic E-state index is 0.0443. The molecule has 2 aliphatic rings. The Morgan fingerprint density at radius 3 is 2.48 bits per heavy atom. The maximum absolute atomic E-state index is 5.13. The molecular weight excluding hydrogens is 340 g/mol.